The maximum Gasteiger partial charge on any atom is 0.339 e. The van der Waals surface area contributed by atoms with Gasteiger partial charge in [0.1, 0.15) is 11.4 Å². The number of carbonyl (C=O) groups is 1. The van der Waals surface area contributed by atoms with E-state index >= 15 is 0 Å². The number of nitrogens with one attached hydrogen (secondary N) is 2. The normalized spacial score (nSPS) is 10.9. The number of aromatic nitrogens is 2. The average Bonchev–Trinajstić information content (AvgIpc) is 2.96. The number of hydrogen-bond donors (Lipinski definition) is 2. The zero-order chi connectivity index (χ0) is 18.5. The minimum absolute atomic E-state index is 0.335. The van der Waals surface area contributed by atoms with Crippen molar-refractivity contribution in [1.82, 2.24) is 15.6 Å². The van der Waals surface area contributed by atoms with E-state index in [0.29, 0.717) is 38.4 Å². The number of anilines is 1. The van der Waals surface area contributed by atoms with Crippen LogP contribution in [0.3, 0.4) is 0 Å². The van der Waals surface area contributed by atoms with Crippen molar-refractivity contribution in [2.24, 2.45) is 5.10 Å². The maximum absolute atomic E-state index is 12.1. The fourth-order valence-electron chi connectivity index (χ4n) is 2.16. The number of pyridine rings is 1. The van der Waals surface area contributed by atoms with Crippen molar-refractivity contribution in [3.05, 3.63) is 64.1 Å². The molecule has 2 aromatic heterocycles. The number of carbonyl (C=O) groups excluding carboxylic acids is 1. The molecule has 0 aliphatic rings. The number of hydrazone groups is 1. The standard InChI is InChI=1S/C17H13Cl2N5O2/c1-10-15(16(24-26-10)14-12(18)6-4-7-13(14)19)22-17(25)23-21-9-11-5-2-3-8-20-11/h2-9H,1H3,(H2,22,23,25). The second kappa shape index (κ2) is 7.99. The molecule has 2 amide bonds. The van der Waals surface area contributed by atoms with E-state index in [2.05, 4.69) is 26.0 Å². The summed E-state index contributed by atoms with van der Waals surface area (Å²) in [5.41, 5.74) is 4.12. The third-order valence-corrected chi connectivity index (χ3v) is 3.98. The summed E-state index contributed by atoms with van der Waals surface area (Å²) in [4.78, 5) is 16.2. The first-order valence-corrected chi connectivity index (χ1v) is 8.23. The number of aryl methyl sites for hydroxylation is 1. The first-order chi connectivity index (χ1) is 12.6. The first-order valence-electron chi connectivity index (χ1n) is 7.48. The van der Waals surface area contributed by atoms with Crippen molar-refractivity contribution in [3.8, 4) is 11.3 Å². The van der Waals surface area contributed by atoms with E-state index in [1.807, 2.05) is 6.07 Å². The second-order valence-corrected chi connectivity index (χ2v) is 5.95. The largest absolute Gasteiger partial charge is 0.359 e. The summed E-state index contributed by atoms with van der Waals surface area (Å²) >= 11 is 12.4. The molecule has 3 aromatic rings. The highest BCUT2D eigenvalue weighted by Crippen LogP contribution is 2.39. The summed E-state index contributed by atoms with van der Waals surface area (Å²) in [6, 6.07) is 9.84. The Morgan fingerprint density at radius 2 is 1.96 bits per heavy atom. The number of halogens is 2. The minimum Gasteiger partial charge on any atom is -0.359 e. The van der Waals surface area contributed by atoms with E-state index in [4.69, 9.17) is 27.7 Å². The van der Waals surface area contributed by atoms with Crippen LogP contribution < -0.4 is 10.7 Å². The van der Waals surface area contributed by atoms with Gasteiger partial charge in [-0.05, 0) is 31.2 Å². The number of nitrogens with zero attached hydrogens (tertiary/aromatic N) is 3. The number of hydrogen-bond acceptors (Lipinski definition) is 5. The Bertz CT molecular complexity index is 937. The van der Waals surface area contributed by atoms with Gasteiger partial charge >= 0.3 is 6.03 Å². The van der Waals surface area contributed by atoms with Gasteiger partial charge in [-0.25, -0.2) is 10.2 Å². The summed E-state index contributed by atoms with van der Waals surface area (Å²) in [7, 11) is 0. The molecule has 132 valence electrons. The van der Waals surface area contributed by atoms with Gasteiger partial charge in [-0.15, -0.1) is 0 Å². The molecular formula is C17H13Cl2N5O2. The number of urea groups is 1. The van der Waals surface area contributed by atoms with Gasteiger partial charge in [0, 0.05) is 11.8 Å². The van der Waals surface area contributed by atoms with Gasteiger partial charge in [-0.1, -0.05) is 40.5 Å². The molecule has 3 rings (SSSR count). The molecule has 1 aromatic carbocycles. The van der Waals surface area contributed by atoms with Gasteiger partial charge in [0.25, 0.3) is 0 Å². The maximum atomic E-state index is 12.1. The van der Waals surface area contributed by atoms with E-state index in [-0.39, 0.29) is 0 Å². The van der Waals surface area contributed by atoms with Gasteiger partial charge in [0.05, 0.1) is 22.0 Å². The fourth-order valence-corrected chi connectivity index (χ4v) is 2.74. The molecule has 0 bridgehead atoms. The van der Waals surface area contributed by atoms with Crippen molar-refractivity contribution in [1.29, 1.82) is 0 Å². The number of benzene rings is 1. The molecule has 9 heteroatoms. The van der Waals surface area contributed by atoms with Crippen molar-refractivity contribution >= 4 is 41.1 Å². The molecule has 0 saturated heterocycles. The number of amides is 2. The summed E-state index contributed by atoms with van der Waals surface area (Å²) < 4.78 is 5.18. The van der Waals surface area contributed by atoms with Crippen molar-refractivity contribution in [2.75, 3.05) is 5.32 Å². The third kappa shape index (κ3) is 4.01. The quantitative estimate of drug-likeness (QED) is 0.507. The topological polar surface area (TPSA) is 92.4 Å². The molecular weight excluding hydrogens is 377 g/mol. The van der Waals surface area contributed by atoms with E-state index in [9.17, 15) is 4.79 Å². The molecule has 0 fully saturated rings. The zero-order valence-electron chi connectivity index (χ0n) is 13.5. The molecule has 0 saturated carbocycles. The lowest BCUT2D eigenvalue weighted by Crippen LogP contribution is -2.24. The Balaban J connectivity index is 1.77. The molecule has 26 heavy (non-hydrogen) atoms. The van der Waals surface area contributed by atoms with Crippen LogP contribution in [0.4, 0.5) is 10.5 Å². The van der Waals surface area contributed by atoms with Gasteiger partial charge in [0.2, 0.25) is 0 Å². The Morgan fingerprint density at radius 1 is 1.19 bits per heavy atom. The lowest BCUT2D eigenvalue weighted by molar-refractivity contribution is 0.252. The summed E-state index contributed by atoms with van der Waals surface area (Å²) in [5, 5.41) is 11.2. The molecule has 7 nitrogen and oxygen atoms in total. The predicted octanol–water partition coefficient (Wildman–Crippen LogP) is 4.51. The Kier molecular flexibility index (Phi) is 5.50. The minimum atomic E-state index is -0.576. The van der Waals surface area contributed by atoms with E-state index < -0.39 is 6.03 Å². The van der Waals surface area contributed by atoms with Crippen molar-refractivity contribution in [2.45, 2.75) is 6.92 Å². The summed E-state index contributed by atoms with van der Waals surface area (Å²) in [5.74, 6) is 0.403. The molecule has 2 N–H and O–H groups in total. The average molecular weight is 390 g/mol. The molecule has 0 spiro atoms. The van der Waals surface area contributed by atoms with Crippen LogP contribution in [0.25, 0.3) is 11.3 Å². The van der Waals surface area contributed by atoms with Crippen LogP contribution in [0.15, 0.2) is 52.2 Å². The lowest BCUT2D eigenvalue weighted by Gasteiger charge is -2.07. The second-order valence-electron chi connectivity index (χ2n) is 5.14. The van der Waals surface area contributed by atoms with Crippen LogP contribution in [-0.4, -0.2) is 22.4 Å². The molecule has 0 atom stereocenters. The SMILES string of the molecule is Cc1onc(-c2c(Cl)cccc2Cl)c1NC(=O)NN=Cc1ccccn1. The summed E-state index contributed by atoms with van der Waals surface area (Å²) in [6.45, 7) is 1.66. The number of rotatable bonds is 4. The highest BCUT2D eigenvalue weighted by Gasteiger charge is 2.21. The molecule has 0 aliphatic heterocycles. The van der Waals surface area contributed by atoms with Crippen LogP contribution >= 0.6 is 23.2 Å². The Labute approximate surface area is 159 Å². The van der Waals surface area contributed by atoms with Crippen LogP contribution in [-0.2, 0) is 0 Å². The van der Waals surface area contributed by atoms with Crippen LogP contribution in [0, 0.1) is 6.92 Å². The third-order valence-electron chi connectivity index (χ3n) is 3.35. The van der Waals surface area contributed by atoms with E-state index in [1.165, 1.54) is 6.21 Å². The van der Waals surface area contributed by atoms with Gasteiger partial charge in [-0.2, -0.15) is 5.10 Å². The smallest absolute Gasteiger partial charge is 0.339 e. The predicted molar refractivity (Wildman–Crippen MR) is 101 cm³/mol. The molecule has 0 unspecified atom stereocenters. The first kappa shape index (κ1) is 17.9. The molecule has 0 radical (unpaired) electrons. The van der Waals surface area contributed by atoms with Gasteiger partial charge in [-0.3, -0.25) is 4.98 Å². The van der Waals surface area contributed by atoms with Gasteiger partial charge in [0.15, 0.2) is 5.76 Å². The highest BCUT2D eigenvalue weighted by molar-refractivity contribution is 6.39. The van der Waals surface area contributed by atoms with Crippen LogP contribution in [0.5, 0.6) is 0 Å². The van der Waals surface area contributed by atoms with Crippen LogP contribution in [0.2, 0.25) is 10.0 Å². The lowest BCUT2D eigenvalue weighted by atomic mass is 10.1. The zero-order valence-corrected chi connectivity index (χ0v) is 15.0. The Hall–Kier alpha value is -2.90. The molecule has 2 heterocycles. The molecule has 0 aliphatic carbocycles. The highest BCUT2D eigenvalue weighted by atomic mass is 35.5. The summed E-state index contributed by atoms with van der Waals surface area (Å²) in [6.07, 6.45) is 3.05. The Morgan fingerprint density at radius 3 is 2.65 bits per heavy atom. The van der Waals surface area contributed by atoms with Crippen molar-refractivity contribution < 1.29 is 9.32 Å². The fraction of sp³-hybridized carbons (Fsp3) is 0.0588. The monoisotopic (exact) mass is 389 g/mol. The van der Waals surface area contributed by atoms with E-state index in [1.54, 1.807) is 43.5 Å². The van der Waals surface area contributed by atoms with Crippen molar-refractivity contribution in [3.63, 3.8) is 0 Å². The van der Waals surface area contributed by atoms with E-state index in [0.717, 1.165) is 0 Å². The van der Waals surface area contributed by atoms with Crippen LogP contribution in [0.1, 0.15) is 11.5 Å². The van der Waals surface area contributed by atoms with Gasteiger partial charge < -0.3 is 9.84 Å².